The van der Waals surface area contributed by atoms with E-state index < -0.39 is 29.6 Å². The Bertz CT molecular complexity index is 1610. The minimum absolute atomic E-state index is 0.0338. The lowest BCUT2D eigenvalue weighted by Crippen LogP contribution is -2.47. The topological polar surface area (TPSA) is 102 Å². The van der Waals surface area contributed by atoms with Crippen molar-refractivity contribution in [2.45, 2.75) is 71.9 Å². The van der Waals surface area contributed by atoms with Gasteiger partial charge in [-0.15, -0.1) is 0 Å². The molecule has 3 aromatic carbocycles. The summed E-state index contributed by atoms with van der Waals surface area (Å²) < 4.78 is 28.4. The molecule has 47 heavy (non-hydrogen) atoms. The number of halogens is 2. The van der Waals surface area contributed by atoms with Crippen LogP contribution in [0.5, 0.6) is 0 Å². The van der Waals surface area contributed by atoms with Crippen LogP contribution < -0.4 is 0 Å². The Labute approximate surface area is 275 Å². The van der Waals surface area contributed by atoms with Crippen molar-refractivity contribution >= 4 is 17.6 Å². The quantitative estimate of drug-likeness (QED) is 0.199. The summed E-state index contributed by atoms with van der Waals surface area (Å²) in [5, 5.41) is 21.0. The molecule has 1 fully saturated rings. The third-order valence-electron chi connectivity index (χ3n) is 8.69. The Morgan fingerprint density at radius 2 is 1.68 bits per heavy atom. The van der Waals surface area contributed by atoms with E-state index in [9.17, 15) is 33.5 Å². The number of hydrogen-bond acceptors (Lipinski definition) is 5. The molecule has 0 aliphatic carbocycles. The number of benzene rings is 3. The van der Waals surface area contributed by atoms with E-state index in [0.717, 1.165) is 30.0 Å². The summed E-state index contributed by atoms with van der Waals surface area (Å²) in [5.74, 6) is -3.99. The number of aryl methyl sites for hydroxylation is 1. The lowest BCUT2D eigenvalue weighted by molar-refractivity contribution is -0.145. The van der Waals surface area contributed by atoms with E-state index in [0.29, 0.717) is 49.2 Å². The smallest absolute Gasteiger partial charge is 0.253 e. The Balaban J connectivity index is 1.61. The van der Waals surface area contributed by atoms with Crippen molar-refractivity contribution in [3.63, 3.8) is 0 Å². The van der Waals surface area contributed by atoms with Gasteiger partial charge in [0.05, 0.1) is 23.7 Å². The number of nitriles is 1. The average molecular weight is 644 g/mol. The van der Waals surface area contributed by atoms with Crippen LogP contribution in [-0.2, 0) is 17.8 Å². The van der Waals surface area contributed by atoms with Crippen molar-refractivity contribution in [1.82, 2.24) is 9.80 Å². The van der Waals surface area contributed by atoms with Gasteiger partial charge in [0.1, 0.15) is 11.6 Å². The summed E-state index contributed by atoms with van der Waals surface area (Å²) in [6.45, 7) is 7.74. The molecule has 7 nitrogen and oxygen atoms in total. The molecule has 0 aromatic heterocycles. The van der Waals surface area contributed by atoms with Crippen molar-refractivity contribution in [3.05, 3.63) is 106 Å². The molecule has 0 saturated carbocycles. The van der Waals surface area contributed by atoms with Gasteiger partial charge >= 0.3 is 0 Å². The van der Waals surface area contributed by atoms with Gasteiger partial charge in [-0.3, -0.25) is 14.4 Å². The van der Waals surface area contributed by atoms with Crippen LogP contribution in [0.2, 0.25) is 0 Å². The number of hydrogen-bond donors (Lipinski definition) is 1. The Morgan fingerprint density at radius 1 is 1.00 bits per heavy atom. The summed E-state index contributed by atoms with van der Waals surface area (Å²) >= 11 is 0. The predicted molar refractivity (Wildman–Crippen MR) is 175 cm³/mol. The van der Waals surface area contributed by atoms with Crippen LogP contribution in [0, 0.1) is 41.7 Å². The zero-order chi connectivity index (χ0) is 34.1. The lowest BCUT2D eigenvalue weighted by Gasteiger charge is -2.37. The molecule has 4 rings (SSSR count). The van der Waals surface area contributed by atoms with E-state index in [-0.39, 0.29) is 42.5 Å². The van der Waals surface area contributed by atoms with Crippen molar-refractivity contribution in [3.8, 4) is 6.07 Å². The van der Waals surface area contributed by atoms with Gasteiger partial charge in [0.15, 0.2) is 5.78 Å². The molecule has 9 heteroatoms. The van der Waals surface area contributed by atoms with Gasteiger partial charge in [0, 0.05) is 49.8 Å². The minimum Gasteiger partial charge on any atom is -0.392 e. The molecule has 3 aromatic rings. The molecule has 1 N–H and O–H groups in total. The van der Waals surface area contributed by atoms with E-state index in [4.69, 9.17) is 0 Å². The van der Waals surface area contributed by atoms with E-state index >= 15 is 0 Å². The number of carbonyl (C=O) groups excluding carboxylic acids is 3. The minimum atomic E-state index is -1.28. The number of nitrogens with zero attached hydrogens (tertiary/aromatic N) is 3. The summed E-state index contributed by atoms with van der Waals surface area (Å²) in [4.78, 5) is 44.4. The maximum Gasteiger partial charge on any atom is 0.253 e. The summed E-state index contributed by atoms with van der Waals surface area (Å²) in [6, 6.07) is 17.2. The number of piperidine rings is 1. The van der Waals surface area contributed by atoms with Crippen LogP contribution in [0.1, 0.15) is 88.9 Å². The first-order valence-corrected chi connectivity index (χ1v) is 16.4. The van der Waals surface area contributed by atoms with E-state index in [1.54, 1.807) is 53.1 Å². The molecule has 1 heterocycles. The van der Waals surface area contributed by atoms with Crippen LogP contribution >= 0.6 is 0 Å². The molecule has 0 unspecified atom stereocenters. The van der Waals surface area contributed by atoms with Gasteiger partial charge in [-0.05, 0) is 104 Å². The molecule has 0 bridgehead atoms. The Kier molecular flexibility index (Phi) is 12.4. The Hall–Kier alpha value is -4.42. The molecule has 3 atom stereocenters. The number of aliphatic hydroxyl groups excluding tert-OH is 1. The fraction of sp³-hybridized carbons (Fsp3) is 0.421. The first-order valence-electron chi connectivity index (χ1n) is 16.4. The molecule has 1 aliphatic rings. The Morgan fingerprint density at radius 3 is 2.34 bits per heavy atom. The van der Waals surface area contributed by atoms with Crippen LogP contribution in [0.25, 0.3) is 0 Å². The second-order valence-corrected chi connectivity index (χ2v) is 12.6. The van der Waals surface area contributed by atoms with E-state index in [2.05, 4.69) is 6.07 Å². The maximum absolute atomic E-state index is 14.2. The maximum atomic E-state index is 14.2. The zero-order valence-electron chi connectivity index (χ0n) is 27.3. The highest BCUT2D eigenvalue weighted by Crippen LogP contribution is 2.31. The van der Waals surface area contributed by atoms with Gasteiger partial charge in [-0.25, -0.2) is 8.78 Å². The summed E-state index contributed by atoms with van der Waals surface area (Å²) in [5.41, 5.74) is 2.97. The van der Waals surface area contributed by atoms with Crippen molar-refractivity contribution in [1.29, 1.82) is 5.26 Å². The number of amides is 2. The molecule has 0 spiro atoms. The van der Waals surface area contributed by atoms with Gasteiger partial charge in [0.2, 0.25) is 5.91 Å². The highest BCUT2D eigenvalue weighted by Gasteiger charge is 2.38. The average Bonchev–Trinajstić information content (AvgIpc) is 3.04. The van der Waals surface area contributed by atoms with Gasteiger partial charge < -0.3 is 14.9 Å². The molecule has 1 aliphatic heterocycles. The van der Waals surface area contributed by atoms with Crippen molar-refractivity contribution in [2.24, 2.45) is 11.8 Å². The van der Waals surface area contributed by atoms with Gasteiger partial charge in [0.25, 0.3) is 5.91 Å². The van der Waals surface area contributed by atoms with Gasteiger partial charge in [-0.2, -0.15) is 5.26 Å². The molecule has 248 valence electrons. The van der Waals surface area contributed by atoms with Crippen molar-refractivity contribution < 1.29 is 28.3 Å². The SMILES string of the molecule is CCCN(CCC)C(=O)c1cc(C)cc(C(=O)C[C@@H](Cc2cc(F)cc(F)c2)[C@@H](O)[C@@H]2CCCN(Cc3cccc(C#N)c3)C2=O)c1. The molecular formula is C38H43F2N3O4. The normalized spacial score (nSPS) is 16.0. The summed E-state index contributed by atoms with van der Waals surface area (Å²) in [7, 11) is 0. The number of rotatable bonds is 14. The van der Waals surface area contributed by atoms with E-state index in [1.807, 2.05) is 19.9 Å². The second-order valence-electron chi connectivity index (χ2n) is 12.6. The number of carbonyl (C=O) groups is 3. The number of likely N-dealkylation sites (tertiary alicyclic amines) is 1. The zero-order valence-corrected chi connectivity index (χ0v) is 27.3. The standard InChI is InChI=1S/C38H43F2N3O4/c1-4-11-42(12-5-2)37(46)31-15-25(3)14-29(20-31)35(44)21-30(17-28-18-32(39)22-33(40)19-28)36(45)34-10-7-13-43(38(34)47)24-27-9-6-8-26(16-27)23-41/h6,8-9,14-16,18-20,22,30,34,36,45H,4-5,7,10-13,17,21,24H2,1-3H3/t30-,34+,36-/m1/s1. The summed E-state index contributed by atoms with van der Waals surface area (Å²) in [6.07, 6.45) is 1.11. The fourth-order valence-corrected chi connectivity index (χ4v) is 6.54. The molecule has 1 saturated heterocycles. The molecule has 0 radical (unpaired) electrons. The van der Waals surface area contributed by atoms with Crippen LogP contribution in [0.15, 0.2) is 60.7 Å². The van der Waals surface area contributed by atoms with Crippen LogP contribution in [0.3, 0.4) is 0 Å². The number of ketones is 1. The largest absolute Gasteiger partial charge is 0.392 e. The lowest BCUT2D eigenvalue weighted by atomic mass is 9.79. The van der Waals surface area contributed by atoms with Crippen LogP contribution in [0.4, 0.5) is 8.78 Å². The molecule has 2 amide bonds. The first-order chi connectivity index (χ1) is 22.5. The monoisotopic (exact) mass is 643 g/mol. The predicted octanol–water partition coefficient (Wildman–Crippen LogP) is 6.64. The highest BCUT2D eigenvalue weighted by molar-refractivity contribution is 6.01. The first kappa shape index (κ1) is 35.4. The third-order valence-corrected chi connectivity index (χ3v) is 8.69. The highest BCUT2D eigenvalue weighted by atomic mass is 19.1. The van der Waals surface area contributed by atoms with Gasteiger partial charge in [-0.1, -0.05) is 26.0 Å². The fourth-order valence-electron chi connectivity index (χ4n) is 6.54. The third kappa shape index (κ3) is 9.32. The van der Waals surface area contributed by atoms with Crippen molar-refractivity contribution in [2.75, 3.05) is 19.6 Å². The molecular weight excluding hydrogens is 600 g/mol. The van der Waals surface area contributed by atoms with Crippen LogP contribution in [-0.4, -0.2) is 58.2 Å². The second kappa shape index (κ2) is 16.4. The number of Topliss-reactive ketones (excluding diaryl/α,β-unsaturated/α-hetero) is 1. The number of aliphatic hydroxyl groups is 1. The van der Waals surface area contributed by atoms with E-state index in [1.165, 1.54) is 12.1 Å².